The van der Waals surface area contributed by atoms with Crippen molar-refractivity contribution in [2.75, 3.05) is 14.2 Å². The smallest absolute Gasteiger partial charge is 0.343 e. The predicted octanol–water partition coefficient (Wildman–Crippen LogP) is 5.89. The summed E-state index contributed by atoms with van der Waals surface area (Å²) in [5.41, 5.74) is 3.39. The molecule has 0 heterocycles. The van der Waals surface area contributed by atoms with Crippen molar-refractivity contribution in [2.24, 2.45) is 5.10 Å². The highest BCUT2D eigenvalue weighted by molar-refractivity contribution is 9.10. The van der Waals surface area contributed by atoms with Crippen molar-refractivity contribution in [3.05, 3.63) is 52.0 Å². The molecule has 8 heteroatoms. The van der Waals surface area contributed by atoms with Crippen LogP contribution in [0, 0.1) is 0 Å². The van der Waals surface area contributed by atoms with Crippen molar-refractivity contribution in [3.63, 3.8) is 0 Å². The number of rotatable bonds is 13. The Balaban J connectivity index is 1.98. The van der Waals surface area contributed by atoms with E-state index in [2.05, 4.69) is 33.4 Å². The van der Waals surface area contributed by atoms with Gasteiger partial charge in [0.1, 0.15) is 5.75 Å². The lowest BCUT2D eigenvalue weighted by atomic mass is 10.1. The van der Waals surface area contributed by atoms with E-state index < -0.39 is 5.97 Å². The summed E-state index contributed by atoms with van der Waals surface area (Å²) in [5, 5.41) is 4.03. The average molecular weight is 519 g/mol. The van der Waals surface area contributed by atoms with Crippen molar-refractivity contribution in [3.8, 4) is 17.2 Å². The molecule has 1 N–H and O–H groups in total. The molecule has 0 aliphatic heterocycles. The summed E-state index contributed by atoms with van der Waals surface area (Å²) in [6.45, 7) is 2.18. The molecule has 33 heavy (non-hydrogen) atoms. The van der Waals surface area contributed by atoms with Crippen LogP contribution in [-0.2, 0) is 4.79 Å². The Labute approximate surface area is 203 Å². The number of ether oxygens (including phenoxy) is 3. The minimum atomic E-state index is -0.556. The van der Waals surface area contributed by atoms with Gasteiger partial charge in [0.2, 0.25) is 5.91 Å². The molecule has 0 unspecified atom stereocenters. The molecule has 0 saturated carbocycles. The van der Waals surface area contributed by atoms with Gasteiger partial charge >= 0.3 is 5.97 Å². The van der Waals surface area contributed by atoms with Crippen molar-refractivity contribution < 1.29 is 23.8 Å². The second-order valence-electron chi connectivity index (χ2n) is 7.45. The van der Waals surface area contributed by atoms with Crippen LogP contribution < -0.4 is 19.6 Å². The van der Waals surface area contributed by atoms with Gasteiger partial charge in [-0.25, -0.2) is 10.2 Å². The molecule has 0 aliphatic rings. The van der Waals surface area contributed by atoms with E-state index in [4.69, 9.17) is 14.2 Å². The third-order valence-electron chi connectivity index (χ3n) is 4.94. The summed E-state index contributed by atoms with van der Waals surface area (Å²) < 4.78 is 16.8. The summed E-state index contributed by atoms with van der Waals surface area (Å²) in [5.74, 6) is 0.562. The second kappa shape index (κ2) is 14.3. The van der Waals surface area contributed by atoms with E-state index in [-0.39, 0.29) is 5.91 Å². The topological polar surface area (TPSA) is 86.2 Å². The molecule has 0 spiro atoms. The molecular weight excluding hydrogens is 488 g/mol. The van der Waals surface area contributed by atoms with Crippen molar-refractivity contribution in [2.45, 2.75) is 51.9 Å². The molecule has 0 aliphatic carbocycles. The lowest BCUT2D eigenvalue weighted by molar-refractivity contribution is -0.121. The lowest BCUT2D eigenvalue weighted by Gasteiger charge is -2.11. The molecule has 1 amide bonds. The first-order valence-electron chi connectivity index (χ1n) is 11.0. The molecular formula is C25H31BrN2O5. The zero-order chi connectivity index (χ0) is 24.1. The van der Waals surface area contributed by atoms with Crippen LogP contribution >= 0.6 is 15.9 Å². The number of hydrogen-bond acceptors (Lipinski definition) is 6. The average Bonchev–Trinajstić information content (AvgIpc) is 2.82. The zero-order valence-electron chi connectivity index (χ0n) is 19.4. The molecule has 0 fully saturated rings. The van der Waals surface area contributed by atoms with Crippen LogP contribution in [-0.4, -0.2) is 32.3 Å². The maximum atomic E-state index is 12.7. The van der Waals surface area contributed by atoms with Crippen LogP contribution in [0.25, 0.3) is 0 Å². The Morgan fingerprint density at radius 3 is 2.36 bits per heavy atom. The molecule has 0 saturated heterocycles. The van der Waals surface area contributed by atoms with Crippen LogP contribution in [0.2, 0.25) is 0 Å². The number of nitrogens with one attached hydrogen (secondary N) is 1. The van der Waals surface area contributed by atoms with Gasteiger partial charge < -0.3 is 14.2 Å². The van der Waals surface area contributed by atoms with Crippen LogP contribution in [0.15, 0.2) is 46.0 Å². The summed E-state index contributed by atoms with van der Waals surface area (Å²) in [7, 11) is 3.02. The first kappa shape index (κ1) is 26.4. The van der Waals surface area contributed by atoms with E-state index in [0.29, 0.717) is 34.8 Å². The number of nitrogens with zero attached hydrogens (tertiary/aromatic N) is 1. The standard InChI is InChI=1S/C25H31BrN2O5/c1-4-5-6-7-8-9-10-24(29)28-27-17-19-15-20(26)12-14-21(19)33-25(30)18-11-13-22(31-2)23(16-18)32-3/h11-17H,4-10H2,1-3H3,(H,28,29)/b27-17+. The van der Waals surface area contributed by atoms with E-state index in [1.165, 1.54) is 39.7 Å². The van der Waals surface area contributed by atoms with Crippen molar-refractivity contribution in [1.29, 1.82) is 0 Å². The SMILES string of the molecule is CCCCCCCCC(=O)N/N=C/c1cc(Br)ccc1OC(=O)c1ccc(OC)c(OC)c1. The molecule has 7 nitrogen and oxygen atoms in total. The third-order valence-corrected chi connectivity index (χ3v) is 5.44. The van der Waals surface area contributed by atoms with Gasteiger partial charge in [-0.2, -0.15) is 5.10 Å². The van der Waals surface area contributed by atoms with Gasteiger partial charge in [0.25, 0.3) is 0 Å². The first-order chi connectivity index (χ1) is 16.0. The van der Waals surface area contributed by atoms with Crippen molar-refractivity contribution >= 4 is 34.0 Å². The Morgan fingerprint density at radius 1 is 0.939 bits per heavy atom. The molecule has 178 valence electrons. The zero-order valence-corrected chi connectivity index (χ0v) is 20.9. The predicted molar refractivity (Wildman–Crippen MR) is 132 cm³/mol. The number of methoxy groups -OCH3 is 2. The molecule has 2 aromatic carbocycles. The fourth-order valence-electron chi connectivity index (χ4n) is 3.13. The number of benzene rings is 2. The fourth-order valence-corrected chi connectivity index (χ4v) is 3.51. The lowest BCUT2D eigenvalue weighted by Crippen LogP contribution is -2.17. The van der Waals surface area contributed by atoms with Gasteiger partial charge in [-0.15, -0.1) is 0 Å². The largest absolute Gasteiger partial charge is 0.493 e. The molecule has 0 atom stereocenters. The van der Waals surface area contributed by atoms with E-state index in [1.54, 1.807) is 36.4 Å². The monoisotopic (exact) mass is 518 g/mol. The molecule has 0 aromatic heterocycles. The molecule has 0 bridgehead atoms. The normalized spacial score (nSPS) is 10.8. The quantitative estimate of drug-likeness (QED) is 0.117. The van der Waals surface area contributed by atoms with Gasteiger partial charge in [0, 0.05) is 16.5 Å². The number of hydrazone groups is 1. The van der Waals surface area contributed by atoms with Gasteiger partial charge in [-0.05, 0) is 42.8 Å². The Kier molecular flexibility index (Phi) is 11.4. The van der Waals surface area contributed by atoms with Gasteiger partial charge in [0.05, 0.1) is 26.0 Å². The highest BCUT2D eigenvalue weighted by Gasteiger charge is 2.15. The second-order valence-corrected chi connectivity index (χ2v) is 8.37. The van der Waals surface area contributed by atoms with Crippen LogP contribution in [0.3, 0.4) is 0 Å². The van der Waals surface area contributed by atoms with Crippen LogP contribution in [0.1, 0.15) is 67.8 Å². The summed E-state index contributed by atoms with van der Waals surface area (Å²) in [6.07, 6.45) is 8.58. The minimum absolute atomic E-state index is 0.138. The maximum absolute atomic E-state index is 12.7. The highest BCUT2D eigenvalue weighted by atomic mass is 79.9. The van der Waals surface area contributed by atoms with E-state index >= 15 is 0 Å². The fraction of sp³-hybridized carbons (Fsp3) is 0.400. The van der Waals surface area contributed by atoms with Gasteiger partial charge in [0.15, 0.2) is 11.5 Å². The Bertz CT molecular complexity index is 962. The number of carbonyl (C=O) groups is 2. The van der Waals surface area contributed by atoms with E-state index in [1.807, 2.05) is 0 Å². The first-order valence-corrected chi connectivity index (χ1v) is 11.8. The minimum Gasteiger partial charge on any atom is -0.493 e. The molecule has 0 radical (unpaired) electrons. The highest BCUT2D eigenvalue weighted by Crippen LogP contribution is 2.29. The van der Waals surface area contributed by atoms with Gasteiger partial charge in [-0.3, -0.25) is 4.79 Å². The summed E-state index contributed by atoms with van der Waals surface area (Å²) in [4.78, 5) is 24.7. The number of unbranched alkanes of at least 4 members (excludes halogenated alkanes) is 5. The third kappa shape index (κ3) is 8.88. The van der Waals surface area contributed by atoms with Crippen LogP contribution in [0.5, 0.6) is 17.2 Å². The number of hydrogen-bond donors (Lipinski definition) is 1. The molecule has 2 aromatic rings. The van der Waals surface area contributed by atoms with Gasteiger partial charge in [-0.1, -0.05) is 55.0 Å². The van der Waals surface area contributed by atoms with Crippen molar-refractivity contribution in [1.82, 2.24) is 5.43 Å². The number of carbonyl (C=O) groups excluding carboxylic acids is 2. The van der Waals surface area contributed by atoms with Crippen LogP contribution in [0.4, 0.5) is 0 Å². The number of esters is 1. The van der Waals surface area contributed by atoms with E-state index in [0.717, 1.165) is 23.7 Å². The Morgan fingerprint density at radius 2 is 1.64 bits per heavy atom. The Hall–Kier alpha value is -2.87. The number of halogens is 1. The summed E-state index contributed by atoms with van der Waals surface area (Å²) >= 11 is 3.40. The maximum Gasteiger partial charge on any atom is 0.343 e. The number of amides is 1. The van der Waals surface area contributed by atoms with E-state index in [9.17, 15) is 9.59 Å². The summed E-state index contributed by atoms with van der Waals surface area (Å²) in [6, 6.07) is 9.95. The molecule has 2 rings (SSSR count).